The van der Waals surface area contributed by atoms with Gasteiger partial charge in [0.1, 0.15) is 11.5 Å². The van der Waals surface area contributed by atoms with Crippen molar-refractivity contribution in [1.29, 1.82) is 0 Å². The molecule has 1 aliphatic heterocycles. The summed E-state index contributed by atoms with van der Waals surface area (Å²) in [5.41, 5.74) is 0.430. The molecule has 0 aromatic carbocycles. The fourth-order valence-electron chi connectivity index (χ4n) is 2.21. The molecule has 1 fully saturated rings. The predicted octanol–water partition coefficient (Wildman–Crippen LogP) is -0.429. The van der Waals surface area contributed by atoms with Gasteiger partial charge in [-0.3, -0.25) is 4.98 Å². The molecule has 2 rings (SSSR count). The summed E-state index contributed by atoms with van der Waals surface area (Å²) >= 11 is 0. The van der Waals surface area contributed by atoms with Gasteiger partial charge in [0, 0.05) is 30.5 Å². The van der Waals surface area contributed by atoms with Crippen molar-refractivity contribution in [3.63, 3.8) is 0 Å². The van der Waals surface area contributed by atoms with Crippen LogP contribution in [0.4, 0.5) is 0 Å². The zero-order valence-corrected chi connectivity index (χ0v) is 11.7. The molecule has 1 aliphatic rings. The van der Waals surface area contributed by atoms with Crippen LogP contribution in [0.1, 0.15) is 18.4 Å². The number of nitrogens with zero attached hydrogens (tertiary/aromatic N) is 2. The Morgan fingerprint density at radius 1 is 1.40 bits per heavy atom. The first-order valence-electron chi connectivity index (χ1n) is 6.27. The van der Waals surface area contributed by atoms with Crippen LogP contribution in [0.5, 0.6) is 0 Å². The van der Waals surface area contributed by atoms with Gasteiger partial charge in [0.25, 0.3) is 0 Å². The Balaban J connectivity index is 2.34. The summed E-state index contributed by atoms with van der Waals surface area (Å²) in [6.45, 7) is -0.0769. The van der Waals surface area contributed by atoms with Gasteiger partial charge in [0.05, 0.1) is 6.61 Å². The molecule has 0 saturated carbocycles. The van der Waals surface area contributed by atoms with Crippen molar-refractivity contribution in [1.82, 2.24) is 9.29 Å². The van der Waals surface area contributed by atoms with Crippen LogP contribution in [0.15, 0.2) is 23.4 Å². The minimum Gasteiger partial charge on any atom is -0.395 e. The van der Waals surface area contributed by atoms with E-state index in [1.54, 1.807) is 0 Å². The van der Waals surface area contributed by atoms with Crippen molar-refractivity contribution in [3.8, 4) is 11.8 Å². The Morgan fingerprint density at radius 2 is 2.20 bits per heavy atom. The van der Waals surface area contributed by atoms with Gasteiger partial charge in [0.2, 0.25) is 10.0 Å². The predicted molar refractivity (Wildman–Crippen MR) is 72.2 cm³/mol. The van der Waals surface area contributed by atoms with E-state index >= 15 is 0 Å². The molecule has 7 heteroatoms. The molecule has 2 heterocycles. The molecule has 6 nitrogen and oxygen atoms in total. The largest absolute Gasteiger partial charge is 0.395 e. The number of pyridine rings is 1. The molecule has 1 aromatic rings. The fourth-order valence-corrected chi connectivity index (χ4v) is 3.89. The topological polar surface area (TPSA) is 90.7 Å². The maximum atomic E-state index is 12.5. The second-order valence-electron chi connectivity index (χ2n) is 4.46. The summed E-state index contributed by atoms with van der Waals surface area (Å²) in [5, 5.41) is 17.9. The smallest absolute Gasteiger partial charge is 0.244 e. The van der Waals surface area contributed by atoms with Crippen molar-refractivity contribution >= 4 is 10.0 Å². The molecule has 1 unspecified atom stereocenters. The van der Waals surface area contributed by atoms with Crippen molar-refractivity contribution in [2.45, 2.75) is 23.8 Å². The highest BCUT2D eigenvalue weighted by Gasteiger charge is 2.35. The third-order valence-electron chi connectivity index (χ3n) is 3.17. The molecule has 0 spiro atoms. The van der Waals surface area contributed by atoms with Gasteiger partial charge in [0.15, 0.2) is 0 Å². The Bertz CT molecular complexity index is 633. The molecular weight excluding hydrogens is 280 g/mol. The number of aliphatic hydroxyl groups is 2. The van der Waals surface area contributed by atoms with E-state index in [1.807, 2.05) is 0 Å². The minimum absolute atomic E-state index is 0.0580. The third kappa shape index (κ3) is 2.99. The Morgan fingerprint density at radius 3 is 2.90 bits per heavy atom. The van der Waals surface area contributed by atoms with Crippen LogP contribution in [-0.2, 0) is 10.0 Å². The van der Waals surface area contributed by atoms with Crippen molar-refractivity contribution in [2.75, 3.05) is 19.8 Å². The minimum atomic E-state index is -3.67. The monoisotopic (exact) mass is 296 g/mol. The number of rotatable bonds is 3. The van der Waals surface area contributed by atoms with E-state index in [1.165, 1.54) is 22.8 Å². The molecule has 1 atom stereocenters. The first-order valence-corrected chi connectivity index (χ1v) is 7.71. The molecule has 0 amide bonds. The van der Waals surface area contributed by atoms with Gasteiger partial charge in [-0.15, -0.1) is 0 Å². The normalized spacial score (nSPS) is 19.6. The number of aliphatic hydroxyl groups excluding tert-OH is 2. The van der Waals surface area contributed by atoms with Gasteiger partial charge in [-0.1, -0.05) is 11.8 Å². The first-order chi connectivity index (χ1) is 9.59. The van der Waals surface area contributed by atoms with Crippen LogP contribution in [0.2, 0.25) is 0 Å². The molecular formula is C13H16N2O4S. The highest BCUT2D eigenvalue weighted by atomic mass is 32.2. The lowest BCUT2D eigenvalue weighted by molar-refractivity contribution is 0.213. The third-order valence-corrected chi connectivity index (χ3v) is 5.08. The molecule has 0 bridgehead atoms. The number of aromatic nitrogens is 1. The number of sulfonamides is 1. The van der Waals surface area contributed by atoms with Crippen molar-refractivity contribution in [2.24, 2.45) is 0 Å². The maximum Gasteiger partial charge on any atom is 0.244 e. The van der Waals surface area contributed by atoms with Crippen LogP contribution in [0, 0.1) is 11.8 Å². The summed E-state index contributed by atoms with van der Waals surface area (Å²) in [4.78, 5) is 3.93. The standard InChI is InChI=1S/C13H16N2O4S/c16-6-2-3-11-7-13(9-14-8-11)20(18,19)15-5-1-4-12(15)10-17/h7-9,12,16-17H,1,4-6,10H2. The quantitative estimate of drug-likeness (QED) is 0.739. The van der Waals surface area contributed by atoms with Crippen LogP contribution < -0.4 is 0 Å². The molecule has 20 heavy (non-hydrogen) atoms. The van der Waals surface area contributed by atoms with Gasteiger partial charge in [-0.2, -0.15) is 4.31 Å². The molecule has 0 aliphatic carbocycles. The van der Waals surface area contributed by atoms with Gasteiger partial charge in [-0.25, -0.2) is 8.42 Å². The van der Waals surface area contributed by atoms with Crippen LogP contribution in [-0.4, -0.2) is 53.7 Å². The first kappa shape index (κ1) is 14.9. The Kier molecular flexibility index (Phi) is 4.73. The van der Waals surface area contributed by atoms with E-state index in [-0.39, 0.29) is 24.2 Å². The number of hydrogen-bond donors (Lipinski definition) is 2. The summed E-state index contributed by atoms with van der Waals surface area (Å²) in [6, 6.07) is 1.06. The molecule has 0 radical (unpaired) electrons. The SMILES string of the molecule is O=S(=O)(c1cncc(C#CCO)c1)N1CCCC1CO. The average Bonchev–Trinajstić information content (AvgIpc) is 2.94. The maximum absolute atomic E-state index is 12.5. The lowest BCUT2D eigenvalue weighted by atomic mass is 10.2. The zero-order chi connectivity index (χ0) is 14.6. The summed E-state index contributed by atoms with van der Waals surface area (Å²) in [5.74, 6) is 5.08. The van der Waals surface area contributed by atoms with E-state index in [0.29, 0.717) is 18.5 Å². The highest BCUT2D eigenvalue weighted by molar-refractivity contribution is 7.89. The van der Waals surface area contributed by atoms with Gasteiger partial charge < -0.3 is 10.2 Å². The molecule has 108 valence electrons. The molecule has 2 N–H and O–H groups in total. The van der Waals surface area contributed by atoms with Crippen LogP contribution in [0.25, 0.3) is 0 Å². The highest BCUT2D eigenvalue weighted by Crippen LogP contribution is 2.25. The summed E-state index contributed by atoms with van der Waals surface area (Å²) in [6.07, 6.45) is 4.11. The molecule has 1 saturated heterocycles. The van der Waals surface area contributed by atoms with Crippen LogP contribution in [0.3, 0.4) is 0 Å². The number of hydrogen-bond acceptors (Lipinski definition) is 5. The summed E-state index contributed by atoms with van der Waals surface area (Å²) in [7, 11) is -3.67. The van der Waals surface area contributed by atoms with E-state index in [2.05, 4.69) is 16.8 Å². The Hall–Kier alpha value is -1.46. The lowest BCUT2D eigenvalue weighted by Gasteiger charge is -2.22. The lowest BCUT2D eigenvalue weighted by Crippen LogP contribution is -2.37. The zero-order valence-electron chi connectivity index (χ0n) is 10.9. The second kappa shape index (κ2) is 6.33. The fraction of sp³-hybridized carbons (Fsp3) is 0.462. The van der Waals surface area contributed by atoms with E-state index in [0.717, 1.165) is 6.42 Å². The van der Waals surface area contributed by atoms with Gasteiger partial charge in [-0.05, 0) is 18.9 Å². The molecule has 1 aromatic heterocycles. The van der Waals surface area contributed by atoms with Crippen LogP contribution >= 0.6 is 0 Å². The van der Waals surface area contributed by atoms with Gasteiger partial charge >= 0.3 is 0 Å². The Labute approximate surface area is 118 Å². The average molecular weight is 296 g/mol. The van der Waals surface area contributed by atoms with E-state index in [4.69, 9.17) is 5.11 Å². The summed E-state index contributed by atoms with van der Waals surface area (Å²) < 4.78 is 26.3. The van der Waals surface area contributed by atoms with Crippen molar-refractivity contribution < 1.29 is 18.6 Å². The van der Waals surface area contributed by atoms with Crippen molar-refractivity contribution in [3.05, 3.63) is 24.0 Å². The van der Waals surface area contributed by atoms with E-state index < -0.39 is 10.0 Å². The second-order valence-corrected chi connectivity index (χ2v) is 6.35. The van der Waals surface area contributed by atoms with E-state index in [9.17, 15) is 13.5 Å².